The average Bonchev–Trinajstić information content (AvgIpc) is 3.20. The van der Waals surface area contributed by atoms with Crippen LogP contribution in [0.5, 0.6) is 0 Å². The number of fused-ring (bicyclic) bond motifs is 1. The minimum Gasteiger partial charge on any atom is -0.455 e. The fraction of sp³-hybridized carbons (Fsp3) is 0.458. The molecule has 1 aliphatic heterocycles. The molecular formula is C24H29FN2O3. The Morgan fingerprint density at radius 1 is 1.03 bits per heavy atom. The minimum atomic E-state index is -0.587. The Labute approximate surface area is 176 Å². The predicted molar refractivity (Wildman–Crippen MR) is 115 cm³/mol. The fourth-order valence-corrected chi connectivity index (χ4v) is 4.06. The largest absolute Gasteiger partial charge is 0.455 e. The highest BCUT2D eigenvalue weighted by molar-refractivity contribution is 5.92. The smallest absolute Gasteiger partial charge is 0.217 e. The fourth-order valence-electron chi connectivity index (χ4n) is 4.06. The highest BCUT2D eigenvalue weighted by Gasteiger charge is 2.20. The molecule has 0 spiro atoms. The molecule has 3 heterocycles. The van der Waals surface area contributed by atoms with E-state index in [1.165, 1.54) is 19.3 Å². The number of ether oxygens (including phenoxy) is 2. The lowest BCUT2D eigenvalue weighted by Crippen LogP contribution is -2.29. The molecule has 1 fully saturated rings. The van der Waals surface area contributed by atoms with Crippen LogP contribution < -0.4 is 0 Å². The Kier molecular flexibility index (Phi) is 6.77. The van der Waals surface area contributed by atoms with Gasteiger partial charge in [-0.25, -0.2) is 4.39 Å². The molecule has 0 bridgehead atoms. The maximum atomic E-state index is 14.8. The van der Waals surface area contributed by atoms with Crippen molar-refractivity contribution in [1.29, 1.82) is 0 Å². The Bertz CT molecular complexity index is 976. The molecule has 1 aliphatic rings. The average molecular weight is 413 g/mol. The van der Waals surface area contributed by atoms with Gasteiger partial charge in [0.15, 0.2) is 5.76 Å². The van der Waals surface area contributed by atoms with E-state index in [2.05, 4.69) is 9.88 Å². The van der Waals surface area contributed by atoms with Crippen LogP contribution in [0.1, 0.15) is 50.7 Å². The van der Waals surface area contributed by atoms with E-state index in [0.717, 1.165) is 30.6 Å². The normalized spacial score (nSPS) is 15.3. The Morgan fingerprint density at radius 3 is 2.53 bits per heavy atom. The number of benzene rings is 1. The summed E-state index contributed by atoms with van der Waals surface area (Å²) in [5, 5.41) is 0.799. The maximum Gasteiger partial charge on any atom is 0.217 e. The van der Waals surface area contributed by atoms with Crippen LogP contribution >= 0.6 is 0 Å². The number of furan rings is 1. The molecule has 4 rings (SSSR count). The van der Waals surface area contributed by atoms with Crippen molar-refractivity contribution >= 4 is 11.0 Å². The van der Waals surface area contributed by atoms with Gasteiger partial charge in [-0.1, -0.05) is 12.5 Å². The number of rotatable bonds is 8. The first-order valence-electron chi connectivity index (χ1n) is 10.8. The SMILES string of the molecule is CCOC(OCC)c1cc2cncc(-c3cc(CN4CCCCC4)ccc3F)c2o1. The molecule has 2 aromatic heterocycles. The van der Waals surface area contributed by atoms with Gasteiger partial charge >= 0.3 is 0 Å². The van der Waals surface area contributed by atoms with Gasteiger partial charge in [-0.05, 0) is 63.5 Å². The van der Waals surface area contributed by atoms with Crippen molar-refractivity contribution in [3.8, 4) is 11.1 Å². The summed E-state index contributed by atoms with van der Waals surface area (Å²) in [6, 6.07) is 7.19. The van der Waals surface area contributed by atoms with Gasteiger partial charge in [0, 0.05) is 48.7 Å². The number of nitrogens with zero attached hydrogens (tertiary/aromatic N) is 2. The highest BCUT2D eigenvalue weighted by atomic mass is 19.1. The molecule has 1 saturated heterocycles. The number of hydrogen-bond acceptors (Lipinski definition) is 5. The van der Waals surface area contributed by atoms with Crippen LogP contribution in [0.15, 0.2) is 41.1 Å². The van der Waals surface area contributed by atoms with E-state index in [1.54, 1.807) is 18.5 Å². The third kappa shape index (κ3) is 4.56. The third-order valence-corrected chi connectivity index (χ3v) is 5.49. The standard InChI is InChI=1S/C24H29FN2O3/c1-3-28-24(29-4-2)22-13-18-14-26-15-20(23(18)30-22)19-12-17(8-9-21(19)25)16-27-10-6-5-7-11-27/h8-9,12-15,24H,3-7,10-11,16H2,1-2H3. The van der Waals surface area contributed by atoms with Gasteiger partial charge in [-0.2, -0.15) is 0 Å². The van der Waals surface area contributed by atoms with Crippen molar-refractivity contribution < 1.29 is 18.3 Å². The molecule has 0 aliphatic carbocycles. The van der Waals surface area contributed by atoms with Crippen LogP contribution in [0, 0.1) is 5.82 Å². The van der Waals surface area contributed by atoms with Crippen molar-refractivity contribution in [3.05, 3.63) is 53.8 Å². The second kappa shape index (κ2) is 9.69. The van der Waals surface area contributed by atoms with E-state index >= 15 is 0 Å². The van der Waals surface area contributed by atoms with Gasteiger partial charge in [0.25, 0.3) is 0 Å². The van der Waals surface area contributed by atoms with Crippen LogP contribution in [0.3, 0.4) is 0 Å². The van der Waals surface area contributed by atoms with E-state index in [1.807, 2.05) is 32.0 Å². The second-order valence-electron chi connectivity index (χ2n) is 7.65. The summed E-state index contributed by atoms with van der Waals surface area (Å²) in [5.74, 6) is 0.281. The molecule has 0 saturated carbocycles. The number of piperidine rings is 1. The topological polar surface area (TPSA) is 47.7 Å². The number of halogens is 1. The lowest BCUT2D eigenvalue weighted by atomic mass is 10.0. The van der Waals surface area contributed by atoms with Crippen LogP contribution in [0.2, 0.25) is 0 Å². The number of hydrogen-bond donors (Lipinski definition) is 0. The van der Waals surface area contributed by atoms with Gasteiger partial charge in [0.2, 0.25) is 6.29 Å². The van der Waals surface area contributed by atoms with Crippen LogP contribution in [-0.2, 0) is 16.0 Å². The van der Waals surface area contributed by atoms with Crippen LogP contribution in [-0.4, -0.2) is 36.2 Å². The zero-order valence-corrected chi connectivity index (χ0v) is 17.7. The molecule has 5 nitrogen and oxygen atoms in total. The highest BCUT2D eigenvalue weighted by Crippen LogP contribution is 2.35. The summed E-state index contributed by atoms with van der Waals surface area (Å²) in [6.07, 6.45) is 6.55. The number of aromatic nitrogens is 1. The predicted octanol–water partition coefficient (Wildman–Crippen LogP) is 5.69. The Morgan fingerprint density at radius 2 is 1.80 bits per heavy atom. The van der Waals surface area contributed by atoms with Crippen molar-refractivity contribution in [2.45, 2.75) is 45.9 Å². The number of pyridine rings is 1. The summed E-state index contributed by atoms with van der Waals surface area (Å²) >= 11 is 0. The van der Waals surface area contributed by atoms with Crippen LogP contribution in [0.4, 0.5) is 4.39 Å². The van der Waals surface area contributed by atoms with Crippen molar-refractivity contribution in [2.24, 2.45) is 0 Å². The summed E-state index contributed by atoms with van der Waals surface area (Å²) in [4.78, 5) is 6.75. The summed E-state index contributed by atoms with van der Waals surface area (Å²) in [7, 11) is 0. The molecule has 3 aromatic rings. The Hall–Kier alpha value is -2.28. The molecule has 0 unspecified atom stereocenters. The van der Waals surface area contributed by atoms with Gasteiger partial charge in [0.05, 0.1) is 0 Å². The van der Waals surface area contributed by atoms with Crippen molar-refractivity contribution in [1.82, 2.24) is 9.88 Å². The van der Waals surface area contributed by atoms with Gasteiger partial charge in [-0.3, -0.25) is 9.88 Å². The van der Waals surface area contributed by atoms with Gasteiger partial charge < -0.3 is 13.9 Å². The molecule has 0 radical (unpaired) electrons. The second-order valence-corrected chi connectivity index (χ2v) is 7.65. The molecular weight excluding hydrogens is 383 g/mol. The molecule has 160 valence electrons. The van der Waals surface area contributed by atoms with Gasteiger partial charge in [0.1, 0.15) is 11.4 Å². The van der Waals surface area contributed by atoms with E-state index in [0.29, 0.717) is 35.7 Å². The van der Waals surface area contributed by atoms with E-state index in [4.69, 9.17) is 13.9 Å². The van der Waals surface area contributed by atoms with Gasteiger partial charge in [-0.15, -0.1) is 0 Å². The third-order valence-electron chi connectivity index (χ3n) is 5.49. The van der Waals surface area contributed by atoms with E-state index in [9.17, 15) is 4.39 Å². The molecule has 30 heavy (non-hydrogen) atoms. The first kappa shape index (κ1) is 21.0. The van der Waals surface area contributed by atoms with E-state index < -0.39 is 6.29 Å². The Balaban J connectivity index is 1.69. The first-order valence-corrected chi connectivity index (χ1v) is 10.8. The summed E-state index contributed by atoms with van der Waals surface area (Å²) in [5.41, 5.74) is 2.84. The lowest BCUT2D eigenvalue weighted by Gasteiger charge is -2.26. The van der Waals surface area contributed by atoms with Crippen molar-refractivity contribution in [3.63, 3.8) is 0 Å². The molecule has 0 N–H and O–H groups in total. The molecule has 0 amide bonds. The molecule has 0 atom stereocenters. The quantitative estimate of drug-likeness (QED) is 0.445. The lowest BCUT2D eigenvalue weighted by molar-refractivity contribution is -0.150. The molecule has 1 aromatic carbocycles. The summed E-state index contributed by atoms with van der Waals surface area (Å²) in [6.45, 7) is 7.84. The first-order chi connectivity index (χ1) is 14.7. The minimum absolute atomic E-state index is 0.282. The van der Waals surface area contributed by atoms with Crippen LogP contribution in [0.25, 0.3) is 22.1 Å². The summed E-state index contributed by atoms with van der Waals surface area (Å²) < 4.78 is 32.2. The van der Waals surface area contributed by atoms with Crippen molar-refractivity contribution in [2.75, 3.05) is 26.3 Å². The maximum absolute atomic E-state index is 14.8. The zero-order chi connectivity index (χ0) is 20.9. The van der Waals surface area contributed by atoms with E-state index in [-0.39, 0.29) is 5.82 Å². The monoisotopic (exact) mass is 412 g/mol. The molecule has 6 heteroatoms. The number of likely N-dealkylation sites (tertiary alicyclic amines) is 1. The zero-order valence-electron chi connectivity index (χ0n) is 17.7.